The van der Waals surface area contributed by atoms with E-state index in [0.29, 0.717) is 13.0 Å². The molecular formula is C20H27N3O3. The van der Waals surface area contributed by atoms with Crippen molar-refractivity contribution in [3.63, 3.8) is 0 Å². The summed E-state index contributed by atoms with van der Waals surface area (Å²) in [5.41, 5.74) is 2.13. The van der Waals surface area contributed by atoms with Crippen molar-refractivity contribution in [3.05, 3.63) is 47.3 Å². The van der Waals surface area contributed by atoms with Gasteiger partial charge in [0.15, 0.2) is 0 Å². The number of carbonyl (C=O) groups excluding carboxylic acids is 1. The number of aryl methyl sites for hydroxylation is 2. The number of rotatable bonds is 7. The first-order valence-corrected chi connectivity index (χ1v) is 9.23. The average molecular weight is 357 g/mol. The molecule has 2 heterocycles. The number of benzene rings is 1. The number of hydrogen-bond acceptors (Lipinski definition) is 5. The Morgan fingerprint density at radius 3 is 2.54 bits per heavy atom. The molecule has 0 aliphatic carbocycles. The summed E-state index contributed by atoms with van der Waals surface area (Å²) in [4.78, 5) is 16.7. The smallest absolute Gasteiger partial charge is 0.222 e. The summed E-state index contributed by atoms with van der Waals surface area (Å²) in [5, 5.41) is 4.01. The fraction of sp³-hybridized carbons (Fsp3) is 0.500. The minimum absolute atomic E-state index is 0.221. The average Bonchev–Trinajstić information content (AvgIpc) is 2.98. The van der Waals surface area contributed by atoms with Crippen molar-refractivity contribution < 1.29 is 14.1 Å². The molecule has 0 N–H and O–H groups in total. The summed E-state index contributed by atoms with van der Waals surface area (Å²) in [7, 11) is 0. The van der Waals surface area contributed by atoms with E-state index >= 15 is 0 Å². The van der Waals surface area contributed by atoms with Crippen molar-refractivity contribution in [2.75, 3.05) is 32.8 Å². The number of ether oxygens (including phenoxy) is 1. The zero-order chi connectivity index (χ0) is 18.4. The van der Waals surface area contributed by atoms with Gasteiger partial charge in [-0.25, -0.2) is 0 Å². The van der Waals surface area contributed by atoms with Gasteiger partial charge in [-0.3, -0.25) is 9.69 Å². The van der Waals surface area contributed by atoms with E-state index in [1.165, 1.54) is 5.56 Å². The Bertz CT molecular complexity index is 687. The van der Waals surface area contributed by atoms with Crippen molar-refractivity contribution in [1.82, 2.24) is 15.0 Å². The number of piperazine rings is 1. The maximum Gasteiger partial charge on any atom is 0.222 e. The topological polar surface area (TPSA) is 58.8 Å². The van der Waals surface area contributed by atoms with Crippen LogP contribution in [0, 0.1) is 13.8 Å². The van der Waals surface area contributed by atoms with Gasteiger partial charge in [0.1, 0.15) is 11.5 Å². The Morgan fingerprint density at radius 1 is 1.15 bits per heavy atom. The predicted octanol–water partition coefficient (Wildman–Crippen LogP) is 2.79. The van der Waals surface area contributed by atoms with Crippen LogP contribution in [0.15, 0.2) is 34.9 Å². The molecule has 0 unspecified atom stereocenters. The normalized spacial score (nSPS) is 15.2. The first kappa shape index (κ1) is 18.5. The molecule has 6 nitrogen and oxygen atoms in total. The highest BCUT2D eigenvalue weighted by atomic mass is 16.5. The van der Waals surface area contributed by atoms with Crippen LogP contribution < -0.4 is 4.74 Å². The molecule has 0 atom stereocenters. The second-order valence-electron chi connectivity index (χ2n) is 6.72. The maximum absolute atomic E-state index is 12.4. The second kappa shape index (κ2) is 8.85. The number of aromatic nitrogens is 1. The second-order valence-corrected chi connectivity index (χ2v) is 6.72. The summed E-state index contributed by atoms with van der Waals surface area (Å²) in [6.45, 7) is 8.67. The highest BCUT2D eigenvalue weighted by Gasteiger charge is 2.22. The molecule has 1 aromatic carbocycles. The van der Waals surface area contributed by atoms with Gasteiger partial charge >= 0.3 is 0 Å². The summed E-state index contributed by atoms with van der Waals surface area (Å²) in [5.74, 6) is 1.96. The lowest BCUT2D eigenvalue weighted by molar-refractivity contribution is -0.133. The molecule has 3 rings (SSSR count). The van der Waals surface area contributed by atoms with Gasteiger partial charge in [0.05, 0.1) is 12.3 Å². The number of nitrogens with zero attached hydrogens (tertiary/aromatic N) is 3. The van der Waals surface area contributed by atoms with E-state index in [-0.39, 0.29) is 5.91 Å². The third-order valence-corrected chi connectivity index (χ3v) is 4.83. The van der Waals surface area contributed by atoms with Gasteiger partial charge in [0, 0.05) is 44.7 Å². The maximum atomic E-state index is 12.4. The van der Waals surface area contributed by atoms with E-state index in [1.807, 2.05) is 49.1 Å². The van der Waals surface area contributed by atoms with E-state index < -0.39 is 0 Å². The molecule has 1 fully saturated rings. The fourth-order valence-corrected chi connectivity index (χ4v) is 3.19. The molecule has 1 aromatic heterocycles. The largest absolute Gasteiger partial charge is 0.494 e. The van der Waals surface area contributed by atoms with Gasteiger partial charge in [0.2, 0.25) is 5.91 Å². The monoisotopic (exact) mass is 357 g/mol. The molecule has 1 aliphatic heterocycles. The summed E-state index contributed by atoms with van der Waals surface area (Å²) in [6.07, 6.45) is 1.28. The van der Waals surface area contributed by atoms with Gasteiger partial charge in [-0.2, -0.15) is 0 Å². The number of carbonyl (C=O) groups is 1. The molecule has 0 spiro atoms. The molecule has 0 saturated carbocycles. The van der Waals surface area contributed by atoms with Crippen LogP contribution in [-0.2, 0) is 11.3 Å². The first-order valence-electron chi connectivity index (χ1n) is 9.23. The van der Waals surface area contributed by atoms with Crippen molar-refractivity contribution >= 4 is 5.91 Å². The van der Waals surface area contributed by atoms with Crippen molar-refractivity contribution in [1.29, 1.82) is 0 Å². The van der Waals surface area contributed by atoms with Crippen LogP contribution in [0.25, 0.3) is 0 Å². The molecule has 140 valence electrons. The standard InChI is InChI=1S/C20H27N3O3/c1-16-19(17(2)26-21-16)15-22-10-12-23(13-11-22)20(24)9-6-14-25-18-7-4-3-5-8-18/h3-5,7-8H,6,9-15H2,1-2H3. The third kappa shape index (κ3) is 4.85. The lowest BCUT2D eigenvalue weighted by atomic mass is 10.1. The lowest BCUT2D eigenvalue weighted by Gasteiger charge is -2.34. The molecule has 0 bridgehead atoms. The van der Waals surface area contributed by atoms with Gasteiger partial charge in [-0.05, 0) is 32.4 Å². The number of amides is 1. The molecular weight excluding hydrogens is 330 g/mol. The van der Waals surface area contributed by atoms with E-state index in [9.17, 15) is 4.79 Å². The molecule has 1 aliphatic rings. The van der Waals surface area contributed by atoms with Gasteiger partial charge in [-0.15, -0.1) is 0 Å². The Labute approximate surface area is 154 Å². The van der Waals surface area contributed by atoms with E-state index in [2.05, 4.69) is 10.1 Å². The van der Waals surface area contributed by atoms with Crippen molar-refractivity contribution in [3.8, 4) is 5.75 Å². The van der Waals surface area contributed by atoms with E-state index in [1.54, 1.807) is 0 Å². The summed E-state index contributed by atoms with van der Waals surface area (Å²) in [6, 6.07) is 9.72. The Kier molecular flexibility index (Phi) is 6.28. The minimum Gasteiger partial charge on any atom is -0.494 e. The SMILES string of the molecule is Cc1noc(C)c1CN1CCN(C(=O)CCCOc2ccccc2)CC1. The van der Waals surface area contributed by atoms with Crippen molar-refractivity contribution in [2.24, 2.45) is 0 Å². The van der Waals surface area contributed by atoms with Gasteiger partial charge < -0.3 is 14.2 Å². The Balaban J connectivity index is 1.35. The lowest BCUT2D eigenvalue weighted by Crippen LogP contribution is -2.48. The molecule has 2 aromatic rings. The number of hydrogen-bond donors (Lipinski definition) is 0. The zero-order valence-corrected chi connectivity index (χ0v) is 15.6. The molecule has 1 amide bonds. The predicted molar refractivity (Wildman–Crippen MR) is 99.0 cm³/mol. The van der Waals surface area contributed by atoms with E-state index in [0.717, 1.165) is 56.3 Å². The zero-order valence-electron chi connectivity index (χ0n) is 15.6. The molecule has 1 saturated heterocycles. The summed E-state index contributed by atoms with van der Waals surface area (Å²) < 4.78 is 10.9. The van der Waals surface area contributed by atoms with Crippen LogP contribution in [0.2, 0.25) is 0 Å². The first-order chi connectivity index (χ1) is 12.6. The van der Waals surface area contributed by atoms with Crippen LogP contribution in [0.1, 0.15) is 29.9 Å². The third-order valence-electron chi connectivity index (χ3n) is 4.83. The quantitative estimate of drug-likeness (QED) is 0.713. The Morgan fingerprint density at radius 2 is 1.88 bits per heavy atom. The number of para-hydroxylation sites is 1. The highest BCUT2D eigenvalue weighted by molar-refractivity contribution is 5.76. The molecule has 0 radical (unpaired) electrons. The minimum atomic E-state index is 0.221. The van der Waals surface area contributed by atoms with Gasteiger partial charge in [0.25, 0.3) is 0 Å². The van der Waals surface area contributed by atoms with Crippen LogP contribution >= 0.6 is 0 Å². The molecule has 6 heteroatoms. The fourth-order valence-electron chi connectivity index (χ4n) is 3.19. The Hall–Kier alpha value is -2.34. The van der Waals surface area contributed by atoms with Gasteiger partial charge in [-0.1, -0.05) is 23.4 Å². The van der Waals surface area contributed by atoms with Crippen LogP contribution in [0.5, 0.6) is 5.75 Å². The summed E-state index contributed by atoms with van der Waals surface area (Å²) >= 11 is 0. The van der Waals surface area contributed by atoms with Crippen molar-refractivity contribution in [2.45, 2.75) is 33.2 Å². The van der Waals surface area contributed by atoms with Crippen LogP contribution in [0.4, 0.5) is 0 Å². The van der Waals surface area contributed by atoms with E-state index in [4.69, 9.17) is 9.26 Å². The highest BCUT2D eigenvalue weighted by Crippen LogP contribution is 2.16. The molecule has 26 heavy (non-hydrogen) atoms. The van der Waals surface area contributed by atoms with Crippen LogP contribution in [-0.4, -0.2) is 53.6 Å². The van der Waals surface area contributed by atoms with Crippen LogP contribution in [0.3, 0.4) is 0 Å².